The largest absolute Gasteiger partial charge is 0.367 e. The molecule has 19 heavy (non-hydrogen) atoms. The summed E-state index contributed by atoms with van der Waals surface area (Å²) < 4.78 is 6.88. The Morgan fingerprint density at radius 2 is 2.00 bits per heavy atom. The van der Waals surface area contributed by atoms with E-state index in [4.69, 9.17) is 10.3 Å². The van der Waals surface area contributed by atoms with Crippen LogP contribution in [-0.4, -0.2) is 19.9 Å². The van der Waals surface area contributed by atoms with Gasteiger partial charge in [-0.2, -0.15) is 5.10 Å². The molecule has 0 unspecified atom stereocenters. The maximum Gasteiger partial charge on any atom is 0.230 e. The molecule has 6 heteroatoms. The molecule has 3 heterocycles. The summed E-state index contributed by atoms with van der Waals surface area (Å²) in [5.41, 5.74) is 10.1. The molecule has 0 saturated carbocycles. The highest BCUT2D eigenvalue weighted by molar-refractivity contribution is 5.87. The molecule has 0 aliphatic carbocycles. The monoisotopic (exact) mass is 255 g/mol. The van der Waals surface area contributed by atoms with Crippen LogP contribution in [-0.2, 0) is 7.05 Å². The third-order valence-electron chi connectivity index (χ3n) is 2.96. The Balaban J connectivity index is 2.22. The molecule has 0 bridgehead atoms. The van der Waals surface area contributed by atoms with Gasteiger partial charge < -0.3 is 10.3 Å². The van der Waals surface area contributed by atoms with Crippen LogP contribution < -0.4 is 5.73 Å². The highest BCUT2D eigenvalue weighted by atomic mass is 16.5. The molecule has 0 radical (unpaired) electrons. The van der Waals surface area contributed by atoms with E-state index >= 15 is 0 Å². The molecule has 0 atom stereocenters. The number of hydrogen-bond donors (Lipinski definition) is 1. The van der Waals surface area contributed by atoms with Crippen molar-refractivity contribution < 1.29 is 4.52 Å². The Hall–Kier alpha value is -2.63. The number of pyridine rings is 1. The van der Waals surface area contributed by atoms with E-state index in [1.165, 1.54) is 0 Å². The van der Waals surface area contributed by atoms with Crippen molar-refractivity contribution in [3.05, 3.63) is 36.4 Å². The number of nitrogens with zero attached hydrogens (tertiary/aromatic N) is 4. The van der Waals surface area contributed by atoms with Crippen LogP contribution >= 0.6 is 0 Å². The Morgan fingerprint density at radius 3 is 2.63 bits per heavy atom. The maximum absolute atomic E-state index is 5.89. The molecule has 3 rings (SSSR count). The van der Waals surface area contributed by atoms with Gasteiger partial charge in [0, 0.05) is 31.2 Å². The Bertz CT molecular complexity index is 714. The van der Waals surface area contributed by atoms with E-state index in [9.17, 15) is 0 Å². The van der Waals surface area contributed by atoms with Gasteiger partial charge in [0.15, 0.2) is 0 Å². The lowest BCUT2D eigenvalue weighted by Gasteiger charge is -2.00. The summed E-state index contributed by atoms with van der Waals surface area (Å²) in [7, 11) is 1.87. The van der Waals surface area contributed by atoms with Crippen molar-refractivity contribution in [2.24, 2.45) is 7.05 Å². The predicted molar refractivity (Wildman–Crippen MR) is 71.1 cm³/mol. The SMILES string of the molecule is Cc1nn(C)cc1-c1noc(N)c1-c1ccncc1. The van der Waals surface area contributed by atoms with Crippen molar-refractivity contribution in [1.82, 2.24) is 19.9 Å². The Morgan fingerprint density at radius 1 is 1.26 bits per heavy atom. The van der Waals surface area contributed by atoms with Gasteiger partial charge in [0.25, 0.3) is 0 Å². The lowest BCUT2D eigenvalue weighted by Crippen LogP contribution is -1.88. The first-order chi connectivity index (χ1) is 9.16. The molecule has 0 saturated heterocycles. The van der Waals surface area contributed by atoms with Gasteiger partial charge in [0.2, 0.25) is 5.88 Å². The molecule has 2 N–H and O–H groups in total. The van der Waals surface area contributed by atoms with Gasteiger partial charge in [-0.05, 0) is 24.6 Å². The van der Waals surface area contributed by atoms with Gasteiger partial charge in [-0.3, -0.25) is 9.67 Å². The molecule has 0 fully saturated rings. The van der Waals surface area contributed by atoms with E-state index in [1.54, 1.807) is 17.1 Å². The minimum atomic E-state index is 0.296. The molecule has 0 aliphatic rings. The molecular formula is C13H13N5O. The van der Waals surface area contributed by atoms with Crippen LogP contribution in [0.15, 0.2) is 35.2 Å². The second kappa shape index (κ2) is 4.24. The molecular weight excluding hydrogens is 242 g/mol. The summed E-state index contributed by atoms with van der Waals surface area (Å²) in [6.45, 7) is 1.93. The van der Waals surface area contributed by atoms with E-state index in [1.807, 2.05) is 32.3 Å². The highest BCUT2D eigenvalue weighted by Crippen LogP contribution is 2.36. The number of nitrogens with two attached hydrogens (primary N) is 1. The number of aromatic nitrogens is 4. The van der Waals surface area contributed by atoms with E-state index in [2.05, 4.69) is 15.2 Å². The van der Waals surface area contributed by atoms with Gasteiger partial charge in [0.1, 0.15) is 5.69 Å². The Kier molecular flexibility index (Phi) is 2.56. The first-order valence-electron chi connectivity index (χ1n) is 5.83. The van der Waals surface area contributed by atoms with Crippen molar-refractivity contribution in [2.75, 3.05) is 5.73 Å². The third-order valence-corrected chi connectivity index (χ3v) is 2.96. The van der Waals surface area contributed by atoms with Crippen LogP contribution in [0.3, 0.4) is 0 Å². The van der Waals surface area contributed by atoms with E-state index < -0.39 is 0 Å². The zero-order valence-electron chi connectivity index (χ0n) is 10.7. The van der Waals surface area contributed by atoms with Crippen molar-refractivity contribution in [2.45, 2.75) is 6.92 Å². The molecule has 0 spiro atoms. The van der Waals surface area contributed by atoms with Crippen LogP contribution in [0.5, 0.6) is 0 Å². The molecule has 0 aromatic carbocycles. The smallest absolute Gasteiger partial charge is 0.230 e. The second-order valence-electron chi connectivity index (χ2n) is 4.31. The highest BCUT2D eigenvalue weighted by Gasteiger charge is 2.20. The molecule has 3 aromatic rings. The van der Waals surface area contributed by atoms with Crippen LogP contribution in [0, 0.1) is 6.92 Å². The fraction of sp³-hybridized carbons (Fsp3) is 0.154. The number of nitrogen functional groups attached to an aromatic ring is 1. The van der Waals surface area contributed by atoms with Crippen molar-refractivity contribution in [3.63, 3.8) is 0 Å². The standard InChI is InChI=1S/C13H13N5O/c1-8-10(7-18(2)16-8)12-11(13(14)19-17-12)9-3-5-15-6-4-9/h3-7H,14H2,1-2H3. The van der Waals surface area contributed by atoms with Gasteiger partial charge in [-0.15, -0.1) is 0 Å². The summed E-state index contributed by atoms with van der Waals surface area (Å²) in [5.74, 6) is 0.296. The molecule has 0 amide bonds. The fourth-order valence-electron chi connectivity index (χ4n) is 2.12. The minimum Gasteiger partial charge on any atom is -0.367 e. The summed E-state index contributed by atoms with van der Waals surface area (Å²) in [5, 5.41) is 8.38. The molecule has 6 nitrogen and oxygen atoms in total. The van der Waals surface area contributed by atoms with E-state index in [0.717, 1.165) is 22.4 Å². The van der Waals surface area contributed by atoms with Crippen LogP contribution in [0.4, 0.5) is 5.88 Å². The van der Waals surface area contributed by atoms with Crippen LogP contribution in [0.25, 0.3) is 22.4 Å². The van der Waals surface area contributed by atoms with E-state index in [0.29, 0.717) is 11.6 Å². The lowest BCUT2D eigenvalue weighted by molar-refractivity contribution is 0.439. The van der Waals surface area contributed by atoms with Crippen LogP contribution in [0.1, 0.15) is 5.69 Å². The molecule has 96 valence electrons. The fourth-order valence-corrected chi connectivity index (χ4v) is 2.12. The lowest BCUT2D eigenvalue weighted by atomic mass is 10.0. The Labute approximate surface area is 109 Å². The summed E-state index contributed by atoms with van der Waals surface area (Å²) in [6, 6.07) is 3.75. The number of aryl methyl sites for hydroxylation is 2. The molecule has 0 aliphatic heterocycles. The topological polar surface area (TPSA) is 82.8 Å². The second-order valence-corrected chi connectivity index (χ2v) is 4.31. The van der Waals surface area contributed by atoms with Crippen molar-refractivity contribution in [3.8, 4) is 22.4 Å². The minimum absolute atomic E-state index is 0.296. The van der Waals surface area contributed by atoms with Gasteiger partial charge in [-0.25, -0.2) is 0 Å². The quantitative estimate of drug-likeness (QED) is 0.757. The number of rotatable bonds is 2. The van der Waals surface area contributed by atoms with Gasteiger partial charge in [-0.1, -0.05) is 5.16 Å². The summed E-state index contributed by atoms with van der Waals surface area (Å²) >= 11 is 0. The zero-order chi connectivity index (χ0) is 13.4. The molecule has 3 aromatic heterocycles. The number of anilines is 1. The summed E-state index contributed by atoms with van der Waals surface area (Å²) in [6.07, 6.45) is 5.32. The summed E-state index contributed by atoms with van der Waals surface area (Å²) in [4.78, 5) is 4.00. The zero-order valence-corrected chi connectivity index (χ0v) is 10.7. The predicted octanol–water partition coefficient (Wildman–Crippen LogP) is 2.03. The first-order valence-corrected chi connectivity index (χ1v) is 5.83. The number of hydrogen-bond acceptors (Lipinski definition) is 5. The third kappa shape index (κ3) is 1.87. The van der Waals surface area contributed by atoms with Crippen molar-refractivity contribution in [1.29, 1.82) is 0 Å². The van der Waals surface area contributed by atoms with Crippen molar-refractivity contribution >= 4 is 5.88 Å². The van der Waals surface area contributed by atoms with Crippen LogP contribution in [0.2, 0.25) is 0 Å². The van der Waals surface area contributed by atoms with Gasteiger partial charge >= 0.3 is 0 Å². The van der Waals surface area contributed by atoms with E-state index in [-0.39, 0.29) is 0 Å². The average molecular weight is 255 g/mol. The average Bonchev–Trinajstić information content (AvgIpc) is 2.93. The van der Waals surface area contributed by atoms with Gasteiger partial charge in [0.05, 0.1) is 11.3 Å². The maximum atomic E-state index is 5.89. The normalized spacial score (nSPS) is 10.8. The first kappa shape index (κ1) is 11.5.